The summed E-state index contributed by atoms with van der Waals surface area (Å²) in [5.74, 6) is -0.775. The van der Waals surface area contributed by atoms with Crippen LogP contribution in [0.1, 0.15) is 17.5 Å². The maximum absolute atomic E-state index is 14.0. The number of carbonyl (C=O) groups excluding carboxylic acids is 2. The number of hydrogen-bond acceptors (Lipinski definition) is 3. The van der Waals surface area contributed by atoms with Crippen LogP contribution in [0.3, 0.4) is 0 Å². The highest BCUT2D eigenvalue weighted by Crippen LogP contribution is 2.41. The lowest BCUT2D eigenvalue weighted by Crippen LogP contribution is -2.49. The fourth-order valence-electron chi connectivity index (χ4n) is 3.92. The summed E-state index contributed by atoms with van der Waals surface area (Å²) in [6, 6.07) is 12.5. The zero-order valence-electron chi connectivity index (χ0n) is 16.8. The Kier molecular flexibility index (Phi) is 5.26. The number of piperazine rings is 1. The lowest BCUT2D eigenvalue weighted by molar-refractivity contribution is -0.134. The first-order chi connectivity index (χ1) is 13.9. The van der Waals surface area contributed by atoms with E-state index >= 15 is 0 Å². The van der Waals surface area contributed by atoms with Crippen LogP contribution in [-0.4, -0.2) is 42.9 Å². The predicted octanol–water partition coefficient (Wildman–Crippen LogP) is 3.37. The van der Waals surface area contributed by atoms with Crippen molar-refractivity contribution < 1.29 is 14.0 Å². The summed E-state index contributed by atoms with van der Waals surface area (Å²) in [6.45, 7) is 6.33. The zero-order chi connectivity index (χ0) is 20.5. The molecule has 1 heterocycles. The molecular weight excluding hydrogens is 369 g/mol. The highest BCUT2D eigenvalue weighted by Gasteiger charge is 2.49. The largest absolute Gasteiger partial charge is 0.366 e. The molecule has 5 nitrogen and oxygen atoms in total. The number of nitrogens with zero attached hydrogens (tertiary/aromatic N) is 2. The molecule has 0 bridgehead atoms. The van der Waals surface area contributed by atoms with Gasteiger partial charge in [0.1, 0.15) is 5.82 Å². The van der Waals surface area contributed by atoms with E-state index in [0.717, 1.165) is 11.3 Å². The zero-order valence-corrected chi connectivity index (χ0v) is 16.8. The van der Waals surface area contributed by atoms with Gasteiger partial charge in [-0.15, -0.1) is 0 Å². The SMILES string of the molecule is Cc1ccc(NC(=O)C2CC2C(=O)N2CCN(c3ccccc3F)CC2)cc1C. The summed E-state index contributed by atoms with van der Waals surface area (Å²) in [7, 11) is 0. The molecule has 6 heteroatoms. The number of benzene rings is 2. The summed E-state index contributed by atoms with van der Waals surface area (Å²) in [5, 5.41) is 2.93. The maximum atomic E-state index is 14.0. The van der Waals surface area contributed by atoms with Crippen LogP contribution < -0.4 is 10.2 Å². The Bertz CT molecular complexity index is 937. The van der Waals surface area contributed by atoms with E-state index in [0.29, 0.717) is 38.3 Å². The van der Waals surface area contributed by atoms with Crippen molar-refractivity contribution >= 4 is 23.2 Å². The molecule has 0 aromatic heterocycles. The van der Waals surface area contributed by atoms with Crippen molar-refractivity contribution in [2.75, 3.05) is 36.4 Å². The van der Waals surface area contributed by atoms with E-state index < -0.39 is 0 Å². The maximum Gasteiger partial charge on any atom is 0.228 e. The first kappa shape index (κ1) is 19.4. The summed E-state index contributed by atoms with van der Waals surface area (Å²) >= 11 is 0. The molecule has 1 aliphatic carbocycles. The van der Waals surface area contributed by atoms with Gasteiger partial charge in [0, 0.05) is 31.9 Å². The number of halogens is 1. The van der Waals surface area contributed by atoms with Gasteiger partial charge in [0.2, 0.25) is 11.8 Å². The molecule has 2 unspecified atom stereocenters. The monoisotopic (exact) mass is 395 g/mol. The van der Waals surface area contributed by atoms with Gasteiger partial charge in [0.25, 0.3) is 0 Å². The van der Waals surface area contributed by atoms with Crippen molar-refractivity contribution in [1.82, 2.24) is 4.90 Å². The molecule has 2 aromatic carbocycles. The van der Waals surface area contributed by atoms with Gasteiger partial charge in [-0.1, -0.05) is 18.2 Å². The Labute approximate surface area is 170 Å². The molecule has 1 N–H and O–H groups in total. The van der Waals surface area contributed by atoms with Gasteiger partial charge in [-0.05, 0) is 55.7 Å². The van der Waals surface area contributed by atoms with Crippen LogP contribution in [0.5, 0.6) is 0 Å². The number of hydrogen-bond donors (Lipinski definition) is 1. The average Bonchev–Trinajstić information content (AvgIpc) is 3.52. The topological polar surface area (TPSA) is 52.7 Å². The van der Waals surface area contributed by atoms with Gasteiger partial charge >= 0.3 is 0 Å². The molecule has 1 saturated heterocycles. The van der Waals surface area contributed by atoms with Crippen LogP contribution in [0.15, 0.2) is 42.5 Å². The molecule has 0 radical (unpaired) electrons. The van der Waals surface area contributed by atoms with E-state index in [2.05, 4.69) is 5.32 Å². The molecule has 0 spiro atoms. The van der Waals surface area contributed by atoms with Gasteiger partial charge in [-0.25, -0.2) is 4.39 Å². The molecule has 2 fully saturated rings. The third kappa shape index (κ3) is 4.11. The Morgan fingerprint density at radius 3 is 2.38 bits per heavy atom. The first-order valence-electron chi connectivity index (χ1n) is 10.1. The van der Waals surface area contributed by atoms with Crippen LogP contribution in [0.25, 0.3) is 0 Å². The second-order valence-electron chi connectivity index (χ2n) is 8.00. The molecule has 1 saturated carbocycles. The third-order valence-corrected chi connectivity index (χ3v) is 6.00. The second-order valence-corrected chi connectivity index (χ2v) is 8.00. The van der Waals surface area contributed by atoms with Crippen molar-refractivity contribution in [3.63, 3.8) is 0 Å². The van der Waals surface area contributed by atoms with Crippen LogP contribution in [0, 0.1) is 31.5 Å². The fourth-order valence-corrected chi connectivity index (χ4v) is 3.92. The van der Waals surface area contributed by atoms with Crippen molar-refractivity contribution in [1.29, 1.82) is 0 Å². The van der Waals surface area contributed by atoms with Gasteiger partial charge in [0.15, 0.2) is 0 Å². The standard InChI is InChI=1S/C23H26FN3O2/c1-15-7-8-17(13-16(15)2)25-22(28)18-14-19(18)23(29)27-11-9-26(10-12-27)21-6-4-3-5-20(21)24/h3-8,13,18-19H,9-12,14H2,1-2H3,(H,25,28). The molecule has 2 aliphatic rings. The number of aryl methyl sites for hydroxylation is 2. The minimum Gasteiger partial charge on any atom is -0.366 e. The van der Waals surface area contributed by atoms with Crippen LogP contribution >= 0.6 is 0 Å². The Hall–Kier alpha value is -2.89. The quantitative estimate of drug-likeness (QED) is 0.864. The highest BCUT2D eigenvalue weighted by molar-refractivity contribution is 5.99. The lowest BCUT2D eigenvalue weighted by Gasteiger charge is -2.36. The number of carbonyl (C=O) groups is 2. The summed E-state index contributed by atoms with van der Waals surface area (Å²) in [4.78, 5) is 29.1. The van der Waals surface area contributed by atoms with Crippen LogP contribution in [0.4, 0.5) is 15.8 Å². The van der Waals surface area contributed by atoms with Gasteiger partial charge in [0.05, 0.1) is 17.5 Å². The smallest absolute Gasteiger partial charge is 0.228 e. The Morgan fingerprint density at radius 2 is 1.69 bits per heavy atom. The molecule has 2 aromatic rings. The Balaban J connectivity index is 1.29. The molecule has 2 amide bonds. The number of rotatable bonds is 4. The van der Waals surface area contributed by atoms with Crippen LogP contribution in [-0.2, 0) is 9.59 Å². The molecule has 152 valence electrons. The van der Waals surface area contributed by atoms with Gasteiger partial charge in [-0.3, -0.25) is 9.59 Å². The fraction of sp³-hybridized carbons (Fsp3) is 0.391. The third-order valence-electron chi connectivity index (χ3n) is 6.00. The minimum absolute atomic E-state index is 0.0402. The average molecular weight is 395 g/mol. The van der Waals surface area contributed by atoms with Crippen molar-refractivity contribution in [2.45, 2.75) is 20.3 Å². The van der Waals surface area contributed by atoms with Crippen molar-refractivity contribution in [2.24, 2.45) is 11.8 Å². The molecule has 2 atom stereocenters. The van der Waals surface area contributed by atoms with E-state index in [1.54, 1.807) is 12.1 Å². The van der Waals surface area contributed by atoms with Gasteiger partial charge in [-0.2, -0.15) is 0 Å². The van der Waals surface area contributed by atoms with Crippen molar-refractivity contribution in [3.05, 3.63) is 59.4 Å². The molecule has 29 heavy (non-hydrogen) atoms. The molecule has 1 aliphatic heterocycles. The van der Waals surface area contributed by atoms with E-state index in [9.17, 15) is 14.0 Å². The Morgan fingerprint density at radius 1 is 0.966 bits per heavy atom. The van der Waals surface area contributed by atoms with E-state index in [1.807, 2.05) is 47.9 Å². The van der Waals surface area contributed by atoms with E-state index in [4.69, 9.17) is 0 Å². The lowest BCUT2D eigenvalue weighted by atomic mass is 10.1. The summed E-state index contributed by atoms with van der Waals surface area (Å²) in [5.41, 5.74) is 3.65. The first-order valence-corrected chi connectivity index (χ1v) is 10.1. The second kappa shape index (κ2) is 7.85. The van der Waals surface area contributed by atoms with E-state index in [-0.39, 0.29) is 29.5 Å². The number of nitrogens with one attached hydrogen (secondary N) is 1. The number of anilines is 2. The normalized spacial score (nSPS) is 21.1. The number of para-hydroxylation sites is 1. The number of amides is 2. The van der Waals surface area contributed by atoms with E-state index in [1.165, 1.54) is 11.6 Å². The summed E-state index contributed by atoms with van der Waals surface area (Å²) < 4.78 is 14.0. The summed E-state index contributed by atoms with van der Waals surface area (Å²) in [6.07, 6.45) is 0.600. The molecule has 4 rings (SSSR count). The van der Waals surface area contributed by atoms with Gasteiger partial charge < -0.3 is 15.1 Å². The van der Waals surface area contributed by atoms with Crippen molar-refractivity contribution in [3.8, 4) is 0 Å². The van der Waals surface area contributed by atoms with Crippen LogP contribution in [0.2, 0.25) is 0 Å². The minimum atomic E-state index is -0.256. The molecular formula is C23H26FN3O2. The predicted molar refractivity (Wildman–Crippen MR) is 111 cm³/mol. The highest BCUT2D eigenvalue weighted by atomic mass is 19.1.